The zero-order valence-electron chi connectivity index (χ0n) is 12.4. The molecule has 118 valence electrons. The summed E-state index contributed by atoms with van der Waals surface area (Å²) in [4.78, 5) is 16.6. The highest BCUT2D eigenvalue weighted by Crippen LogP contribution is 2.33. The van der Waals surface area contributed by atoms with Crippen molar-refractivity contribution < 1.29 is 9.53 Å². The van der Waals surface area contributed by atoms with E-state index in [1.54, 1.807) is 12.4 Å². The summed E-state index contributed by atoms with van der Waals surface area (Å²) in [5.41, 5.74) is 9.01. The molecular weight excluding hydrogens is 310 g/mol. The van der Waals surface area contributed by atoms with Crippen LogP contribution in [0.15, 0.2) is 48.8 Å². The zero-order valence-corrected chi connectivity index (χ0v) is 13.3. The van der Waals surface area contributed by atoms with E-state index >= 15 is 0 Å². The van der Waals surface area contributed by atoms with Crippen LogP contribution in [0.3, 0.4) is 0 Å². The van der Waals surface area contributed by atoms with E-state index in [1.165, 1.54) is 11.8 Å². The van der Waals surface area contributed by atoms with E-state index in [9.17, 15) is 4.79 Å². The molecule has 3 unspecified atom stereocenters. The van der Waals surface area contributed by atoms with Crippen LogP contribution in [0.1, 0.15) is 34.1 Å². The number of aryl methyl sites for hydroxylation is 1. The first kappa shape index (κ1) is 14.8. The summed E-state index contributed by atoms with van der Waals surface area (Å²) in [7, 11) is 0. The lowest BCUT2D eigenvalue weighted by Crippen LogP contribution is -2.33. The van der Waals surface area contributed by atoms with Gasteiger partial charge < -0.3 is 4.74 Å². The van der Waals surface area contributed by atoms with Crippen molar-refractivity contribution >= 4 is 17.5 Å². The van der Waals surface area contributed by atoms with Gasteiger partial charge in [0, 0.05) is 18.0 Å². The Balaban J connectivity index is 1.41. The second-order valence-electron chi connectivity index (χ2n) is 5.60. The smallest absolute Gasteiger partial charge is 0.176 e. The maximum absolute atomic E-state index is 12.6. The van der Waals surface area contributed by atoms with Gasteiger partial charge in [-0.2, -0.15) is 0 Å². The number of nitrogens with one attached hydrogen (secondary N) is 2. The fourth-order valence-corrected chi connectivity index (χ4v) is 4.06. The Kier molecular flexibility index (Phi) is 4.13. The van der Waals surface area contributed by atoms with Crippen LogP contribution >= 0.6 is 11.8 Å². The van der Waals surface area contributed by atoms with Crippen LogP contribution in [0.5, 0.6) is 0 Å². The second kappa shape index (κ2) is 6.41. The van der Waals surface area contributed by atoms with Gasteiger partial charge in [-0.25, -0.2) is 10.9 Å². The molecule has 0 amide bonds. The minimum Gasteiger partial charge on any atom is -0.329 e. The Hall–Kier alpha value is -1.73. The molecule has 1 aliphatic heterocycles. The first-order valence-corrected chi connectivity index (χ1v) is 8.59. The van der Waals surface area contributed by atoms with Gasteiger partial charge in [0.05, 0.1) is 5.25 Å². The quantitative estimate of drug-likeness (QED) is 0.903. The fourth-order valence-electron chi connectivity index (χ4n) is 2.95. The van der Waals surface area contributed by atoms with Crippen LogP contribution in [-0.4, -0.2) is 21.6 Å². The molecule has 3 atom stereocenters. The number of aromatic nitrogens is 1. The van der Waals surface area contributed by atoms with E-state index in [2.05, 4.69) is 15.8 Å². The topological polar surface area (TPSA) is 63.2 Å². The number of ether oxygens (including phenoxy) is 1. The Morgan fingerprint density at radius 2 is 1.96 bits per heavy atom. The molecule has 1 aromatic heterocycles. The molecule has 2 aromatic rings. The van der Waals surface area contributed by atoms with E-state index in [0.29, 0.717) is 0 Å². The van der Waals surface area contributed by atoms with Crippen molar-refractivity contribution in [1.29, 1.82) is 0 Å². The highest BCUT2D eigenvalue weighted by molar-refractivity contribution is 8.01. The van der Waals surface area contributed by atoms with Crippen LogP contribution in [0, 0.1) is 0 Å². The Morgan fingerprint density at radius 1 is 1.13 bits per heavy atom. The standard InChI is InChI=1S/C17H17N3O2S/c21-15-13-4-2-1-3-11(13)5-6-14(15)23-17-20-19-16(22-17)12-7-9-18-10-8-12/h1-4,7-10,14,16-17,19-20H,5-6H2. The largest absolute Gasteiger partial charge is 0.329 e. The second-order valence-corrected chi connectivity index (χ2v) is 6.87. The molecule has 1 aromatic carbocycles. The van der Waals surface area contributed by atoms with Crippen molar-refractivity contribution in [1.82, 2.24) is 15.8 Å². The minimum absolute atomic E-state index is 0.0691. The zero-order chi connectivity index (χ0) is 15.6. The van der Waals surface area contributed by atoms with E-state index in [4.69, 9.17) is 4.74 Å². The number of carbonyl (C=O) groups excluding carboxylic acids is 1. The predicted octanol–water partition coefficient (Wildman–Crippen LogP) is 2.42. The van der Waals surface area contributed by atoms with Gasteiger partial charge in [0.15, 0.2) is 11.3 Å². The van der Waals surface area contributed by atoms with Crippen molar-refractivity contribution in [3.8, 4) is 0 Å². The van der Waals surface area contributed by atoms with Gasteiger partial charge in [0.1, 0.15) is 6.23 Å². The number of Topliss-reactive ketones (excluding diaryl/α,β-unsaturated/α-hetero) is 1. The number of pyridine rings is 1. The summed E-state index contributed by atoms with van der Waals surface area (Å²) in [5, 5.41) is -0.0691. The number of fused-ring (bicyclic) bond motifs is 1. The minimum atomic E-state index is -0.243. The van der Waals surface area contributed by atoms with Gasteiger partial charge in [0.25, 0.3) is 0 Å². The van der Waals surface area contributed by atoms with Gasteiger partial charge in [-0.15, -0.1) is 11.8 Å². The van der Waals surface area contributed by atoms with Crippen molar-refractivity contribution in [2.45, 2.75) is 29.9 Å². The van der Waals surface area contributed by atoms with Crippen LogP contribution in [0.2, 0.25) is 0 Å². The number of nitrogens with zero attached hydrogens (tertiary/aromatic N) is 1. The lowest BCUT2D eigenvalue weighted by molar-refractivity contribution is 0.0808. The average molecular weight is 327 g/mol. The molecule has 2 N–H and O–H groups in total. The molecule has 0 bridgehead atoms. The van der Waals surface area contributed by atoms with Crippen LogP contribution in [0.4, 0.5) is 0 Å². The Morgan fingerprint density at radius 3 is 2.83 bits per heavy atom. The lowest BCUT2D eigenvalue weighted by atomic mass is 9.90. The lowest BCUT2D eigenvalue weighted by Gasteiger charge is -2.24. The van der Waals surface area contributed by atoms with Crippen molar-refractivity contribution in [3.63, 3.8) is 0 Å². The monoisotopic (exact) mass is 327 g/mol. The van der Waals surface area contributed by atoms with E-state index in [0.717, 1.165) is 29.5 Å². The van der Waals surface area contributed by atoms with Gasteiger partial charge in [-0.05, 0) is 36.1 Å². The third-order valence-electron chi connectivity index (χ3n) is 4.14. The molecule has 4 rings (SSSR count). The number of thioether (sulfide) groups is 1. The van der Waals surface area contributed by atoms with Crippen molar-refractivity contribution in [2.75, 3.05) is 0 Å². The molecule has 2 heterocycles. The molecule has 0 radical (unpaired) electrons. The molecule has 0 saturated carbocycles. The third kappa shape index (κ3) is 3.03. The average Bonchev–Trinajstić information content (AvgIpc) is 3.07. The molecule has 2 aliphatic rings. The van der Waals surface area contributed by atoms with E-state index < -0.39 is 0 Å². The number of benzene rings is 1. The van der Waals surface area contributed by atoms with E-state index in [-0.39, 0.29) is 22.8 Å². The molecular formula is C17H17N3O2S. The molecule has 1 fully saturated rings. The predicted molar refractivity (Wildman–Crippen MR) is 88.6 cm³/mol. The number of carbonyl (C=O) groups is 1. The number of hydrogen-bond acceptors (Lipinski definition) is 6. The summed E-state index contributed by atoms with van der Waals surface area (Å²) >= 11 is 1.54. The summed E-state index contributed by atoms with van der Waals surface area (Å²) in [5.74, 6) is 0.203. The first-order chi connectivity index (χ1) is 11.3. The Labute approximate surface area is 138 Å². The van der Waals surface area contributed by atoms with Gasteiger partial charge in [-0.3, -0.25) is 9.78 Å². The van der Waals surface area contributed by atoms with Crippen LogP contribution < -0.4 is 10.9 Å². The van der Waals surface area contributed by atoms with Gasteiger partial charge in [-0.1, -0.05) is 24.3 Å². The number of hydrazine groups is 1. The summed E-state index contributed by atoms with van der Waals surface area (Å²) in [6, 6.07) is 11.7. The van der Waals surface area contributed by atoms with Gasteiger partial charge >= 0.3 is 0 Å². The van der Waals surface area contributed by atoms with E-state index in [1.807, 2.05) is 36.4 Å². The van der Waals surface area contributed by atoms with Crippen LogP contribution in [-0.2, 0) is 11.2 Å². The molecule has 6 heteroatoms. The van der Waals surface area contributed by atoms with Gasteiger partial charge in [0.2, 0.25) is 0 Å². The summed E-state index contributed by atoms with van der Waals surface area (Å²) in [6.07, 6.45) is 5.04. The molecule has 23 heavy (non-hydrogen) atoms. The normalized spacial score (nSPS) is 27.0. The molecule has 1 saturated heterocycles. The summed E-state index contributed by atoms with van der Waals surface area (Å²) in [6.45, 7) is 0. The van der Waals surface area contributed by atoms with Crippen molar-refractivity contribution in [3.05, 3.63) is 65.5 Å². The van der Waals surface area contributed by atoms with Crippen molar-refractivity contribution in [2.24, 2.45) is 0 Å². The van der Waals surface area contributed by atoms with Crippen LogP contribution in [0.25, 0.3) is 0 Å². The fraction of sp³-hybridized carbons (Fsp3) is 0.294. The Bertz CT molecular complexity index is 710. The molecule has 5 nitrogen and oxygen atoms in total. The third-order valence-corrected chi connectivity index (χ3v) is 5.39. The number of rotatable bonds is 3. The molecule has 1 aliphatic carbocycles. The highest BCUT2D eigenvalue weighted by atomic mass is 32.2. The first-order valence-electron chi connectivity index (χ1n) is 7.65. The molecule has 0 spiro atoms. The number of hydrogen-bond donors (Lipinski definition) is 2. The number of ketones is 1. The maximum atomic E-state index is 12.6. The highest BCUT2D eigenvalue weighted by Gasteiger charge is 2.33. The maximum Gasteiger partial charge on any atom is 0.176 e. The SMILES string of the molecule is O=C1c2ccccc2CCC1SC1NNC(c2ccncc2)O1. The summed E-state index contributed by atoms with van der Waals surface area (Å²) < 4.78 is 5.95.